The molecular formula is C12H22. The van der Waals surface area contributed by atoms with Crippen molar-refractivity contribution < 1.29 is 0 Å². The van der Waals surface area contributed by atoms with E-state index in [1.54, 1.807) is 0 Å². The summed E-state index contributed by atoms with van der Waals surface area (Å²) in [7, 11) is 0. The Morgan fingerprint density at radius 2 is 1.25 bits per heavy atom. The van der Waals surface area contributed by atoms with Crippen LogP contribution in [0.1, 0.15) is 33.8 Å². The van der Waals surface area contributed by atoms with Crippen LogP contribution in [0.2, 0.25) is 0 Å². The van der Waals surface area contributed by atoms with Gasteiger partial charge in [0.15, 0.2) is 0 Å². The van der Waals surface area contributed by atoms with E-state index < -0.39 is 0 Å². The second-order valence-corrected chi connectivity index (χ2v) is 3.39. The van der Waals surface area contributed by atoms with Gasteiger partial charge in [0.05, 0.1) is 0 Å². The zero-order chi connectivity index (χ0) is 8.69. The van der Waals surface area contributed by atoms with Crippen molar-refractivity contribution in [1.82, 2.24) is 0 Å². The second-order valence-electron chi connectivity index (χ2n) is 3.39. The fraction of sp³-hybridized carbons (Fsp3) is 0.500. The molecule has 0 spiro atoms. The Morgan fingerprint density at radius 3 is 1.42 bits per heavy atom. The van der Waals surface area contributed by atoms with Gasteiger partial charge in [0.1, 0.15) is 0 Å². The fourth-order valence-corrected chi connectivity index (χ4v) is 0.534. The summed E-state index contributed by atoms with van der Waals surface area (Å²) in [6.07, 6.45) is 0. The van der Waals surface area contributed by atoms with E-state index in [-0.39, 0.29) is 7.43 Å². The van der Waals surface area contributed by atoms with Crippen molar-refractivity contribution in [2.75, 3.05) is 0 Å². The Hall–Kier alpha value is -0.780. The highest BCUT2D eigenvalue weighted by Gasteiger charge is 1.72. The molecule has 0 atom stereocenters. The van der Waals surface area contributed by atoms with Crippen LogP contribution in [-0.2, 0) is 0 Å². The average molecular weight is 166 g/mol. The first-order valence-electron chi connectivity index (χ1n) is 4.14. The zero-order valence-electron chi connectivity index (χ0n) is 7.96. The molecule has 0 aliphatic rings. The second kappa shape index (κ2) is 8.32. The van der Waals surface area contributed by atoms with E-state index in [1.165, 1.54) is 5.56 Å². The lowest BCUT2D eigenvalue weighted by molar-refractivity contribution is 0.737. The van der Waals surface area contributed by atoms with Crippen molar-refractivity contribution in [3.63, 3.8) is 0 Å². The molecule has 0 saturated carbocycles. The highest BCUT2D eigenvalue weighted by molar-refractivity contribution is 5.11. The van der Waals surface area contributed by atoms with Crippen LogP contribution in [0.15, 0.2) is 30.3 Å². The highest BCUT2D eigenvalue weighted by Crippen LogP contribution is 1.92. The normalized spacial score (nSPS) is 8.08. The molecule has 0 saturated heterocycles. The topological polar surface area (TPSA) is 0 Å². The number of aryl methyl sites for hydroxylation is 1. The van der Waals surface area contributed by atoms with Crippen molar-refractivity contribution in [2.45, 2.75) is 35.1 Å². The van der Waals surface area contributed by atoms with Gasteiger partial charge in [0.25, 0.3) is 0 Å². The highest BCUT2D eigenvalue weighted by atomic mass is 13.8. The first kappa shape index (κ1) is 13.8. The van der Waals surface area contributed by atoms with Crippen LogP contribution in [0, 0.1) is 12.8 Å². The molecular weight excluding hydrogens is 144 g/mol. The summed E-state index contributed by atoms with van der Waals surface area (Å²) in [6.45, 7) is 8.58. The third kappa shape index (κ3) is 12.0. The molecule has 0 nitrogen and oxygen atoms in total. The molecule has 0 amide bonds. The van der Waals surface area contributed by atoms with Crippen LogP contribution in [0.25, 0.3) is 0 Å². The van der Waals surface area contributed by atoms with E-state index in [2.05, 4.69) is 39.8 Å². The van der Waals surface area contributed by atoms with E-state index in [1.807, 2.05) is 18.2 Å². The summed E-state index contributed by atoms with van der Waals surface area (Å²) < 4.78 is 0. The SMILES string of the molecule is C.CC(C)C.Cc1ccccc1. The van der Waals surface area contributed by atoms with Gasteiger partial charge in [-0.25, -0.2) is 0 Å². The Bertz CT molecular complexity index is 160. The van der Waals surface area contributed by atoms with Gasteiger partial charge in [-0.3, -0.25) is 0 Å². The van der Waals surface area contributed by atoms with Gasteiger partial charge in [-0.15, -0.1) is 0 Å². The Labute approximate surface area is 77.6 Å². The van der Waals surface area contributed by atoms with Crippen LogP contribution in [0.4, 0.5) is 0 Å². The van der Waals surface area contributed by atoms with Gasteiger partial charge in [-0.1, -0.05) is 64.1 Å². The summed E-state index contributed by atoms with van der Waals surface area (Å²) in [4.78, 5) is 0. The molecule has 0 aliphatic carbocycles. The summed E-state index contributed by atoms with van der Waals surface area (Å²) in [5.41, 5.74) is 1.32. The van der Waals surface area contributed by atoms with Gasteiger partial charge in [0, 0.05) is 0 Å². The van der Waals surface area contributed by atoms with E-state index >= 15 is 0 Å². The lowest BCUT2D eigenvalue weighted by Gasteiger charge is -1.82. The maximum atomic E-state index is 2.17. The first-order valence-corrected chi connectivity index (χ1v) is 4.14. The number of hydrogen-bond donors (Lipinski definition) is 0. The Kier molecular flexibility index (Phi) is 9.56. The molecule has 12 heavy (non-hydrogen) atoms. The monoisotopic (exact) mass is 166 g/mol. The van der Waals surface area contributed by atoms with E-state index in [4.69, 9.17) is 0 Å². The molecule has 0 bridgehead atoms. The molecule has 0 aliphatic heterocycles. The molecule has 0 heterocycles. The lowest BCUT2D eigenvalue weighted by Crippen LogP contribution is -1.66. The third-order valence-corrected chi connectivity index (χ3v) is 0.940. The molecule has 70 valence electrons. The van der Waals surface area contributed by atoms with Crippen LogP contribution in [0.5, 0.6) is 0 Å². The Balaban J connectivity index is 0. The Morgan fingerprint density at radius 1 is 0.917 bits per heavy atom. The minimum Gasteiger partial charge on any atom is -0.0776 e. The molecule has 0 aromatic heterocycles. The molecule has 0 N–H and O–H groups in total. The molecule has 1 aromatic rings. The van der Waals surface area contributed by atoms with Crippen LogP contribution < -0.4 is 0 Å². The largest absolute Gasteiger partial charge is 0.0776 e. The van der Waals surface area contributed by atoms with Crippen LogP contribution in [0.3, 0.4) is 0 Å². The predicted molar refractivity (Wildman–Crippen MR) is 58.4 cm³/mol. The summed E-state index contributed by atoms with van der Waals surface area (Å²) in [6, 6.07) is 10.3. The number of hydrogen-bond acceptors (Lipinski definition) is 0. The lowest BCUT2D eigenvalue weighted by atomic mass is 10.2. The van der Waals surface area contributed by atoms with Gasteiger partial charge >= 0.3 is 0 Å². The smallest absolute Gasteiger partial charge is 0.0398 e. The van der Waals surface area contributed by atoms with Crippen molar-refractivity contribution in [1.29, 1.82) is 0 Å². The van der Waals surface area contributed by atoms with Gasteiger partial charge < -0.3 is 0 Å². The first-order chi connectivity index (χ1) is 5.13. The molecule has 0 fully saturated rings. The van der Waals surface area contributed by atoms with E-state index in [9.17, 15) is 0 Å². The van der Waals surface area contributed by atoms with E-state index in [0.717, 1.165) is 5.92 Å². The minimum absolute atomic E-state index is 0. The molecule has 1 aromatic carbocycles. The minimum atomic E-state index is 0. The fourth-order valence-electron chi connectivity index (χ4n) is 0.534. The average Bonchev–Trinajstić information content (AvgIpc) is 1.87. The number of rotatable bonds is 0. The zero-order valence-corrected chi connectivity index (χ0v) is 7.96. The van der Waals surface area contributed by atoms with Gasteiger partial charge in [0.2, 0.25) is 0 Å². The van der Waals surface area contributed by atoms with Crippen molar-refractivity contribution >= 4 is 0 Å². The van der Waals surface area contributed by atoms with E-state index in [0.29, 0.717) is 0 Å². The summed E-state index contributed by atoms with van der Waals surface area (Å²) >= 11 is 0. The predicted octanol–water partition coefficient (Wildman–Crippen LogP) is 4.29. The van der Waals surface area contributed by atoms with Crippen molar-refractivity contribution in [3.8, 4) is 0 Å². The molecule has 0 unspecified atom stereocenters. The van der Waals surface area contributed by atoms with Crippen LogP contribution in [-0.4, -0.2) is 0 Å². The van der Waals surface area contributed by atoms with Gasteiger partial charge in [-0.05, 0) is 12.8 Å². The molecule has 1 rings (SSSR count). The molecule has 0 heteroatoms. The third-order valence-electron chi connectivity index (χ3n) is 0.940. The van der Waals surface area contributed by atoms with Crippen molar-refractivity contribution in [3.05, 3.63) is 35.9 Å². The summed E-state index contributed by atoms with van der Waals surface area (Å²) in [5, 5.41) is 0. The maximum absolute atomic E-state index is 2.17. The summed E-state index contributed by atoms with van der Waals surface area (Å²) in [5.74, 6) is 0.833. The molecule has 0 radical (unpaired) electrons. The standard InChI is InChI=1S/C7H8.C4H10.CH4/c1-7-5-3-2-4-6-7;1-4(2)3;/h2-6H,1H3;4H,1-3H3;1H4. The maximum Gasteiger partial charge on any atom is -0.0398 e. The van der Waals surface area contributed by atoms with Gasteiger partial charge in [-0.2, -0.15) is 0 Å². The quantitative estimate of drug-likeness (QED) is 0.539. The van der Waals surface area contributed by atoms with Crippen molar-refractivity contribution in [2.24, 2.45) is 5.92 Å². The van der Waals surface area contributed by atoms with Crippen LogP contribution >= 0.6 is 0 Å². The number of benzene rings is 1.